The van der Waals surface area contributed by atoms with Crippen molar-refractivity contribution >= 4 is 45.9 Å². The van der Waals surface area contributed by atoms with Crippen LogP contribution in [0.1, 0.15) is 11.1 Å². The third-order valence-corrected chi connectivity index (χ3v) is 8.00. The van der Waals surface area contributed by atoms with Gasteiger partial charge < -0.3 is 0 Å². The van der Waals surface area contributed by atoms with Gasteiger partial charge in [-0.25, -0.2) is 0 Å². The van der Waals surface area contributed by atoms with Crippen molar-refractivity contribution in [1.82, 2.24) is 3.53 Å². The van der Waals surface area contributed by atoms with Crippen LogP contribution in [0.5, 0.6) is 0 Å². The molecule has 0 aliphatic carbocycles. The van der Waals surface area contributed by atoms with Gasteiger partial charge >= 0.3 is 168 Å². The molecule has 0 aromatic heterocycles. The van der Waals surface area contributed by atoms with Gasteiger partial charge in [-0.2, -0.15) is 0 Å². The first kappa shape index (κ1) is 20.8. The monoisotopic (exact) mass is 534 g/mol. The third-order valence-electron chi connectivity index (χ3n) is 3.57. The number of nitrogens with one attached hydrogen (secondary N) is 1. The Hall–Kier alpha value is -1.49. The van der Waals surface area contributed by atoms with Crippen LogP contribution in [0.2, 0.25) is 0 Å². The molecular weight excluding hydrogens is 515 g/mol. The van der Waals surface area contributed by atoms with E-state index < -0.39 is 42.1 Å². The molecule has 0 aliphatic rings. The van der Waals surface area contributed by atoms with E-state index in [1.54, 1.807) is 0 Å². The SMILES string of the molecule is N[C@H](Cc1ccccc1)[C@H](O)C(=O)NI(Cc1cccc(Br)c1)C(=O)O. The van der Waals surface area contributed by atoms with Crippen LogP contribution in [-0.4, -0.2) is 32.2 Å². The van der Waals surface area contributed by atoms with Crippen LogP contribution in [0.15, 0.2) is 59.1 Å². The van der Waals surface area contributed by atoms with Gasteiger partial charge in [-0.3, -0.25) is 0 Å². The topological polar surface area (TPSA) is 113 Å². The fourth-order valence-corrected chi connectivity index (χ4v) is 5.78. The number of hydrogen-bond acceptors (Lipinski definition) is 4. The Labute approximate surface area is 167 Å². The molecule has 0 spiro atoms. The Morgan fingerprint density at radius 1 is 1.12 bits per heavy atom. The number of halogens is 2. The average Bonchev–Trinajstić information content (AvgIpc) is 2.61. The van der Waals surface area contributed by atoms with Crippen molar-refractivity contribution in [3.63, 3.8) is 0 Å². The molecular formula is C18H20BrIN2O4. The van der Waals surface area contributed by atoms with Gasteiger partial charge in [-0.15, -0.1) is 0 Å². The molecule has 2 atom stereocenters. The summed E-state index contributed by atoms with van der Waals surface area (Å²) in [5.41, 5.74) is 7.64. The van der Waals surface area contributed by atoms with E-state index >= 15 is 0 Å². The number of carbonyl (C=O) groups excluding carboxylic acids is 1. The van der Waals surface area contributed by atoms with Crippen LogP contribution in [-0.2, 0) is 15.6 Å². The van der Waals surface area contributed by atoms with Gasteiger partial charge in [0.25, 0.3) is 0 Å². The summed E-state index contributed by atoms with van der Waals surface area (Å²) >= 11 is 0.427. The van der Waals surface area contributed by atoms with E-state index in [-0.39, 0.29) is 4.43 Å². The maximum atomic E-state index is 12.3. The number of amides is 1. The predicted molar refractivity (Wildman–Crippen MR) is 112 cm³/mol. The molecule has 0 saturated heterocycles. The molecule has 1 amide bonds. The average molecular weight is 535 g/mol. The van der Waals surface area contributed by atoms with Gasteiger partial charge in [-0.1, -0.05) is 0 Å². The molecule has 0 fully saturated rings. The van der Waals surface area contributed by atoms with E-state index in [0.29, 0.717) is 6.42 Å². The molecule has 5 N–H and O–H groups in total. The van der Waals surface area contributed by atoms with Gasteiger partial charge in [0, 0.05) is 0 Å². The standard InChI is InChI=1S/C18H20BrIN2O4/c19-14-8-4-7-13(9-14)11-20(18(25)26)22-17(24)16(23)15(21)10-12-5-2-1-3-6-12/h1-9,15-16,23H,10-11,21H2,(H,22,24)(H,25,26)/t15-,16+/m1/s1. The number of carboxylic acid groups (broad SMARTS) is 1. The zero-order valence-electron chi connectivity index (χ0n) is 13.8. The zero-order valence-corrected chi connectivity index (χ0v) is 17.6. The molecule has 2 rings (SSSR count). The number of carbonyl (C=O) groups is 2. The van der Waals surface area contributed by atoms with E-state index in [2.05, 4.69) is 19.5 Å². The normalized spacial score (nSPS) is 13.6. The second-order valence-electron chi connectivity index (χ2n) is 5.64. The molecule has 8 heteroatoms. The van der Waals surface area contributed by atoms with Gasteiger partial charge in [0.1, 0.15) is 0 Å². The van der Waals surface area contributed by atoms with Crippen LogP contribution in [0, 0.1) is 0 Å². The molecule has 26 heavy (non-hydrogen) atoms. The summed E-state index contributed by atoms with van der Waals surface area (Å²) in [5.74, 6) is -0.726. The van der Waals surface area contributed by atoms with Gasteiger partial charge in [0.15, 0.2) is 0 Å². The van der Waals surface area contributed by atoms with Crippen LogP contribution >= 0.6 is 36.0 Å². The number of alkyl halides is 1. The Kier molecular flexibility index (Phi) is 8.01. The summed E-state index contributed by atoms with van der Waals surface area (Å²) < 4.78 is 2.60. The van der Waals surface area contributed by atoms with Crippen molar-refractivity contribution in [2.75, 3.05) is 0 Å². The molecule has 0 radical (unpaired) electrons. The van der Waals surface area contributed by atoms with Crippen LogP contribution in [0.4, 0.5) is 4.79 Å². The third kappa shape index (κ3) is 6.35. The molecule has 0 unspecified atom stereocenters. The fraction of sp³-hybridized carbons (Fsp3) is 0.222. The number of aliphatic hydroxyl groups excluding tert-OH is 1. The zero-order chi connectivity index (χ0) is 19.1. The van der Waals surface area contributed by atoms with Crippen molar-refractivity contribution in [3.05, 3.63) is 70.2 Å². The number of rotatable bonds is 8. The number of nitrogens with two attached hydrogens (primary N) is 1. The summed E-state index contributed by atoms with van der Waals surface area (Å²) in [6.45, 7) is 0. The van der Waals surface area contributed by atoms with E-state index in [4.69, 9.17) is 5.73 Å². The van der Waals surface area contributed by atoms with Gasteiger partial charge in [0.05, 0.1) is 0 Å². The van der Waals surface area contributed by atoms with E-state index in [1.807, 2.05) is 54.6 Å². The fourth-order valence-electron chi connectivity index (χ4n) is 2.27. The predicted octanol–water partition coefficient (Wildman–Crippen LogP) is 3.10. The molecule has 2 aromatic carbocycles. The molecule has 0 heterocycles. The second-order valence-corrected chi connectivity index (χ2v) is 10.8. The molecule has 140 valence electrons. The van der Waals surface area contributed by atoms with Crippen LogP contribution < -0.4 is 9.26 Å². The first-order valence-corrected chi connectivity index (χ1v) is 12.3. The molecule has 0 bridgehead atoms. The maximum absolute atomic E-state index is 12.3. The van der Waals surface area contributed by atoms with Crippen LogP contribution in [0.25, 0.3) is 0 Å². The van der Waals surface area contributed by atoms with Crippen molar-refractivity contribution in [3.8, 4) is 0 Å². The van der Waals surface area contributed by atoms with E-state index in [9.17, 15) is 19.8 Å². The summed E-state index contributed by atoms with van der Waals surface area (Å²) in [7, 11) is 0. The van der Waals surface area contributed by atoms with E-state index in [1.165, 1.54) is 0 Å². The number of aliphatic hydroxyl groups is 1. The summed E-state index contributed by atoms with van der Waals surface area (Å²) in [4.78, 5) is 23.8. The van der Waals surface area contributed by atoms with Crippen molar-refractivity contribution in [2.45, 2.75) is 23.0 Å². The van der Waals surface area contributed by atoms with Crippen LogP contribution in [0.3, 0.4) is 0 Å². The molecule has 6 nitrogen and oxygen atoms in total. The summed E-state index contributed by atoms with van der Waals surface area (Å²) in [6.07, 6.45) is -1.14. The Balaban J connectivity index is 1.98. The Morgan fingerprint density at radius 2 is 1.77 bits per heavy atom. The van der Waals surface area contributed by atoms with Crippen molar-refractivity contribution < 1.29 is 19.8 Å². The van der Waals surface area contributed by atoms with Gasteiger partial charge in [0.2, 0.25) is 0 Å². The first-order chi connectivity index (χ1) is 12.4. The number of hydrogen-bond donors (Lipinski definition) is 4. The van der Waals surface area contributed by atoms with Gasteiger partial charge in [-0.05, 0) is 0 Å². The van der Waals surface area contributed by atoms with Crippen molar-refractivity contribution in [2.24, 2.45) is 5.73 Å². The molecule has 2 aromatic rings. The minimum absolute atomic E-state index is 0.255. The molecule has 0 aliphatic heterocycles. The first-order valence-electron chi connectivity index (χ1n) is 7.78. The van der Waals surface area contributed by atoms with Crippen molar-refractivity contribution in [1.29, 1.82) is 0 Å². The molecule has 0 saturated carbocycles. The number of benzene rings is 2. The minimum atomic E-state index is -2.91. The Bertz CT molecular complexity index is 760. The Morgan fingerprint density at radius 3 is 2.38 bits per heavy atom. The second kappa shape index (κ2) is 10.0. The quantitative estimate of drug-likeness (QED) is 0.180. The van der Waals surface area contributed by atoms with E-state index in [0.717, 1.165) is 15.6 Å². The summed E-state index contributed by atoms with van der Waals surface area (Å²) in [5, 5.41) is 19.6. The summed E-state index contributed by atoms with van der Waals surface area (Å²) in [6, 6.07) is 15.7.